The number of phenolic OH excluding ortho intramolecular Hbond substituents is 1. The van der Waals surface area contributed by atoms with Gasteiger partial charge in [0.2, 0.25) is 0 Å². The van der Waals surface area contributed by atoms with Crippen molar-refractivity contribution in [3.63, 3.8) is 0 Å². The molecule has 3 nitrogen and oxygen atoms in total. The van der Waals surface area contributed by atoms with Gasteiger partial charge >= 0.3 is 0 Å². The zero-order valence-electron chi connectivity index (χ0n) is 10.5. The number of unbranched alkanes of at least 4 members (excludes halogenated alkanes) is 1. The van der Waals surface area contributed by atoms with Crippen LogP contribution in [-0.2, 0) is 0 Å². The lowest BCUT2D eigenvalue weighted by Crippen LogP contribution is -2.11. The largest absolute Gasteiger partial charge is 0.508 e. The Morgan fingerprint density at radius 3 is 2.50 bits per heavy atom. The molecule has 0 aromatic heterocycles. The molecule has 3 heteroatoms. The van der Waals surface area contributed by atoms with Crippen LogP contribution in [0.15, 0.2) is 36.4 Å². The molecule has 0 heterocycles. The van der Waals surface area contributed by atoms with Crippen LogP contribution < -0.4 is 11.5 Å². The molecule has 0 unspecified atom stereocenters. The van der Waals surface area contributed by atoms with Gasteiger partial charge in [-0.05, 0) is 53.9 Å². The molecule has 0 amide bonds. The van der Waals surface area contributed by atoms with E-state index in [4.69, 9.17) is 11.5 Å². The normalized spacial score (nSPS) is 12.8. The van der Waals surface area contributed by atoms with E-state index < -0.39 is 0 Å². The van der Waals surface area contributed by atoms with Crippen LogP contribution in [0.1, 0.15) is 30.9 Å². The summed E-state index contributed by atoms with van der Waals surface area (Å²) in [4.78, 5) is 0. The summed E-state index contributed by atoms with van der Waals surface area (Å²) in [7, 11) is 0. The van der Waals surface area contributed by atoms with Gasteiger partial charge in [0.05, 0.1) is 0 Å². The Kier molecular flexibility index (Phi) is 4.18. The molecule has 0 bridgehead atoms. The lowest BCUT2D eigenvalue weighted by Gasteiger charge is -2.12. The second-order valence-electron chi connectivity index (χ2n) is 4.68. The average Bonchev–Trinajstić information content (AvgIpc) is 2.38. The van der Waals surface area contributed by atoms with Gasteiger partial charge in [-0.2, -0.15) is 0 Å². The van der Waals surface area contributed by atoms with Gasteiger partial charge in [-0.1, -0.05) is 24.6 Å². The van der Waals surface area contributed by atoms with E-state index >= 15 is 0 Å². The molecule has 0 aliphatic carbocycles. The van der Waals surface area contributed by atoms with Crippen molar-refractivity contribution in [1.82, 2.24) is 0 Å². The standard InChI is InChI=1S/C15H20N2O/c16-8-2-1-3-15(17)13-5-4-12-10-14(18)7-6-11(12)9-13/h4-7,9-10,15,18H,1-3,8,16-17H2/t15-/m1/s1. The third kappa shape index (κ3) is 3.00. The summed E-state index contributed by atoms with van der Waals surface area (Å²) in [6, 6.07) is 11.6. The number of benzene rings is 2. The van der Waals surface area contributed by atoms with Crippen LogP contribution in [0.3, 0.4) is 0 Å². The van der Waals surface area contributed by atoms with E-state index in [9.17, 15) is 5.11 Å². The van der Waals surface area contributed by atoms with Crippen LogP contribution in [-0.4, -0.2) is 11.7 Å². The van der Waals surface area contributed by atoms with Gasteiger partial charge in [0.25, 0.3) is 0 Å². The lowest BCUT2D eigenvalue weighted by molar-refractivity contribution is 0.476. The Morgan fingerprint density at radius 1 is 1.00 bits per heavy atom. The van der Waals surface area contributed by atoms with Crippen molar-refractivity contribution in [3.8, 4) is 5.75 Å². The topological polar surface area (TPSA) is 72.3 Å². The Labute approximate surface area is 107 Å². The minimum atomic E-state index is 0.0646. The minimum Gasteiger partial charge on any atom is -0.508 e. The van der Waals surface area contributed by atoms with Crippen LogP contribution in [0, 0.1) is 0 Å². The number of aromatic hydroxyl groups is 1. The highest BCUT2D eigenvalue weighted by Crippen LogP contribution is 2.24. The first-order valence-corrected chi connectivity index (χ1v) is 6.39. The van der Waals surface area contributed by atoms with Gasteiger partial charge in [-0.15, -0.1) is 0 Å². The molecule has 0 fully saturated rings. The van der Waals surface area contributed by atoms with E-state index in [-0.39, 0.29) is 6.04 Å². The lowest BCUT2D eigenvalue weighted by atomic mass is 9.98. The predicted molar refractivity (Wildman–Crippen MR) is 75.4 cm³/mol. The molecule has 1 atom stereocenters. The maximum atomic E-state index is 9.42. The monoisotopic (exact) mass is 244 g/mol. The average molecular weight is 244 g/mol. The molecular weight excluding hydrogens is 224 g/mol. The van der Waals surface area contributed by atoms with Crippen LogP contribution in [0.2, 0.25) is 0 Å². The summed E-state index contributed by atoms with van der Waals surface area (Å²) in [5.74, 6) is 0.294. The van der Waals surface area contributed by atoms with Crippen LogP contribution >= 0.6 is 0 Å². The summed E-state index contributed by atoms with van der Waals surface area (Å²) in [5.41, 5.74) is 12.8. The number of phenols is 1. The molecule has 0 spiro atoms. The maximum Gasteiger partial charge on any atom is 0.116 e. The highest BCUT2D eigenvalue weighted by Gasteiger charge is 2.06. The molecule has 2 aromatic rings. The number of nitrogens with two attached hydrogens (primary N) is 2. The van der Waals surface area contributed by atoms with Gasteiger partial charge < -0.3 is 16.6 Å². The van der Waals surface area contributed by atoms with E-state index in [0.29, 0.717) is 5.75 Å². The molecule has 18 heavy (non-hydrogen) atoms. The van der Waals surface area contributed by atoms with Crippen LogP contribution in [0.25, 0.3) is 10.8 Å². The Morgan fingerprint density at radius 2 is 1.72 bits per heavy atom. The molecule has 0 saturated carbocycles. The molecule has 0 radical (unpaired) electrons. The minimum absolute atomic E-state index is 0.0646. The fourth-order valence-corrected chi connectivity index (χ4v) is 2.16. The number of hydrogen-bond acceptors (Lipinski definition) is 3. The molecule has 5 N–H and O–H groups in total. The fourth-order valence-electron chi connectivity index (χ4n) is 2.16. The highest BCUT2D eigenvalue weighted by atomic mass is 16.3. The van der Waals surface area contributed by atoms with Crippen LogP contribution in [0.4, 0.5) is 0 Å². The summed E-state index contributed by atoms with van der Waals surface area (Å²) in [5, 5.41) is 11.6. The third-order valence-corrected chi connectivity index (χ3v) is 3.25. The zero-order valence-corrected chi connectivity index (χ0v) is 10.5. The molecule has 2 rings (SSSR count). The maximum absolute atomic E-state index is 9.42. The van der Waals surface area contributed by atoms with Gasteiger partial charge in [0.1, 0.15) is 5.75 Å². The second-order valence-corrected chi connectivity index (χ2v) is 4.68. The highest BCUT2D eigenvalue weighted by molar-refractivity contribution is 5.84. The van der Waals surface area contributed by atoms with E-state index in [1.54, 1.807) is 12.1 Å². The van der Waals surface area contributed by atoms with E-state index in [1.165, 1.54) is 0 Å². The summed E-state index contributed by atoms with van der Waals surface area (Å²) in [6.45, 7) is 0.726. The van der Waals surface area contributed by atoms with Crippen molar-refractivity contribution in [2.24, 2.45) is 11.5 Å². The van der Waals surface area contributed by atoms with Gasteiger partial charge in [-0.3, -0.25) is 0 Å². The molecule has 2 aromatic carbocycles. The third-order valence-electron chi connectivity index (χ3n) is 3.25. The number of hydrogen-bond donors (Lipinski definition) is 3. The van der Waals surface area contributed by atoms with Crippen molar-refractivity contribution in [1.29, 1.82) is 0 Å². The summed E-state index contributed by atoms with van der Waals surface area (Å²) < 4.78 is 0. The van der Waals surface area contributed by atoms with Crippen molar-refractivity contribution < 1.29 is 5.11 Å². The Balaban J connectivity index is 2.16. The first-order chi connectivity index (χ1) is 8.70. The zero-order chi connectivity index (χ0) is 13.0. The van der Waals surface area contributed by atoms with Crippen molar-refractivity contribution in [2.45, 2.75) is 25.3 Å². The van der Waals surface area contributed by atoms with Crippen molar-refractivity contribution in [3.05, 3.63) is 42.0 Å². The quantitative estimate of drug-likeness (QED) is 0.708. The van der Waals surface area contributed by atoms with Gasteiger partial charge in [0, 0.05) is 6.04 Å². The van der Waals surface area contributed by atoms with Crippen molar-refractivity contribution >= 4 is 10.8 Å². The Bertz CT molecular complexity index is 525. The summed E-state index contributed by atoms with van der Waals surface area (Å²) in [6.07, 6.45) is 3.04. The fraction of sp³-hybridized carbons (Fsp3) is 0.333. The van der Waals surface area contributed by atoms with Gasteiger partial charge in [-0.25, -0.2) is 0 Å². The molecule has 0 aliphatic heterocycles. The van der Waals surface area contributed by atoms with Crippen molar-refractivity contribution in [2.75, 3.05) is 6.54 Å². The number of rotatable bonds is 5. The summed E-state index contributed by atoms with van der Waals surface area (Å²) >= 11 is 0. The molecule has 0 aliphatic rings. The van der Waals surface area contributed by atoms with E-state index in [0.717, 1.165) is 42.1 Å². The van der Waals surface area contributed by atoms with Gasteiger partial charge in [0.15, 0.2) is 0 Å². The second kappa shape index (κ2) is 5.85. The van der Waals surface area contributed by atoms with E-state index in [2.05, 4.69) is 6.07 Å². The first kappa shape index (κ1) is 12.9. The molecular formula is C15H20N2O. The SMILES string of the molecule is NCCCC[C@@H](N)c1ccc2cc(O)ccc2c1. The molecule has 0 saturated heterocycles. The smallest absolute Gasteiger partial charge is 0.116 e. The van der Waals surface area contributed by atoms with E-state index in [1.807, 2.05) is 18.2 Å². The Hall–Kier alpha value is -1.58. The first-order valence-electron chi connectivity index (χ1n) is 6.39. The molecule has 96 valence electrons. The van der Waals surface area contributed by atoms with Crippen LogP contribution in [0.5, 0.6) is 5.75 Å². The predicted octanol–water partition coefficient (Wildman–Crippen LogP) is 2.67. The number of fused-ring (bicyclic) bond motifs is 1.